The van der Waals surface area contributed by atoms with Crippen LogP contribution < -0.4 is 11.1 Å². The topological polar surface area (TPSA) is 94.3 Å². The minimum atomic E-state index is -1.13. The fourth-order valence-electron chi connectivity index (χ4n) is 2.62. The third kappa shape index (κ3) is 3.88. The average Bonchev–Trinajstić information content (AvgIpc) is 3.26. The molecule has 0 aliphatic heterocycles. The molecule has 0 spiro atoms. The minimum absolute atomic E-state index is 0.377. The zero-order valence-corrected chi connectivity index (χ0v) is 16.1. The second-order valence-electron chi connectivity index (χ2n) is 5.89. The van der Waals surface area contributed by atoms with Crippen LogP contribution in [0.25, 0.3) is 9.53 Å². The molecule has 28 heavy (non-hydrogen) atoms. The van der Waals surface area contributed by atoms with Crippen molar-refractivity contribution in [2.45, 2.75) is 6.10 Å². The summed E-state index contributed by atoms with van der Waals surface area (Å²) in [5, 5.41) is 3.98. The zero-order chi connectivity index (χ0) is 19.5. The van der Waals surface area contributed by atoms with E-state index in [4.69, 9.17) is 10.5 Å². The Labute approximate surface area is 168 Å². The molecular weight excluding hydrogens is 394 g/mol. The number of nitrogens with two attached hydrogens (primary N) is 1. The Morgan fingerprint density at radius 1 is 1.00 bits per heavy atom. The van der Waals surface area contributed by atoms with Gasteiger partial charge < -0.3 is 15.8 Å². The highest BCUT2D eigenvalue weighted by Gasteiger charge is 2.24. The summed E-state index contributed by atoms with van der Waals surface area (Å²) in [4.78, 5) is 29.9. The number of ether oxygens (including phenoxy) is 1. The normalized spacial score (nSPS) is 11.9. The van der Waals surface area contributed by atoms with Crippen LogP contribution in [-0.4, -0.2) is 16.9 Å². The van der Waals surface area contributed by atoms with Gasteiger partial charge in [0.05, 0.1) is 4.70 Å². The van der Waals surface area contributed by atoms with Crippen molar-refractivity contribution in [3.8, 4) is 0 Å². The van der Waals surface area contributed by atoms with Crippen molar-refractivity contribution in [3.05, 3.63) is 77.2 Å². The summed E-state index contributed by atoms with van der Waals surface area (Å²) in [5.74, 6) is -1.31. The largest absolute Gasteiger partial charge is 0.443 e. The first kappa shape index (κ1) is 18.1. The first-order valence-corrected chi connectivity index (χ1v) is 10.0. The molecule has 0 saturated heterocycles. The van der Waals surface area contributed by atoms with Gasteiger partial charge in [0, 0.05) is 11.3 Å². The van der Waals surface area contributed by atoms with Crippen LogP contribution in [-0.2, 0) is 9.53 Å². The van der Waals surface area contributed by atoms with Gasteiger partial charge in [-0.15, -0.1) is 11.3 Å². The summed E-state index contributed by atoms with van der Waals surface area (Å²) < 4.78 is 6.23. The van der Waals surface area contributed by atoms with Gasteiger partial charge in [-0.3, -0.25) is 4.79 Å². The SMILES string of the molecule is NC(=O)C(OC(=O)c1cc2sc(Nc3ccccc3)nc2s1)c1ccccc1. The second-order valence-corrected chi connectivity index (χ2v) is 7.95. The smallest absolute Gasteiger partial charge is 0.349 e. The molecule has 1 unspecified atom stereocenters. The van der Waals surface area contributed by atoms with Crippen molar-refractivity contribution in [2.24, 2.45) is 5.73 Å². The highest BCUT2D eigenvalue weighted by molar-refractivity contribution is 7.29. The summed E-state index contributed by atoms with van der Waals surface area (Å²) in [5.41, 5.74) is 6.89. The van der Waals surface area contributed by atoms with Gasteiger partial charge in [-0.1, -0.05) is 59.9 Å². The molecule has 0 fully saturated rings. The summed E-state index contributed by atoms with van der Waals surface area (Å²) in [6.45, 7) is 0. The Bertz CT molecular complexity index is 1090. The summed E-state index contributed by atoms with van der Waals surface area (Å²) in [6, 6.07) is 20.1. The molecule has 0 radical (unpaired) electrons. The predicted molar refractivity (Wildman–Crippen MR) is 111 cm³/mol. The van der Waals surface area contributed by atoms with E-state index >= 15 is 0 Å². The van der Waals surface area contributed by atoms with Gasteiger partial charge in [0.1, 0.15) is 9.71 Å². The number of nitrogens with zero attached hydrogens (tertiary/aromatic N) is 1. The molecule has 0 bridgehead atoms. The van der Waals surface area contributed by atoms with Crippen molar-refractivity contribution in [3.63, 3.8) is 0 Å². The van der Waals surface area contributed by atoms with E-state index in [2.05, 4.69) is 10.3 Å². The first-order chi connectivity index (χ1) is 13.6. The summed E-state index contributed by atoms with van der Waals surface area (Å²) in [7, 11) is 0. The van der Waals surface area contributed by atoms with Crippen LogP contribution in [0.15, 0.2) is 66.7 Å². The number of aromatic nitrogens is 1. The number of primary amides is 1. The van der Waals surface area contributed by atoms with Crippen molar-refractivity contribution in [1.82, 2.24) is 4.98 Å². The Kier molecular flexibility index (Phi) is 5.05. The maximum Gasteiger partial charge on any atom is 0.349 e. The third-order valence-corrected chi connectivity index (χ3v) is 5.96. The molecule has 2 heterocycles. The molecule has 140 valence electrons. The molecule has 4 aromatic rings. The number of nitrogens with one attached hydrogen (secondary N) is 1. The van der Waals surface area contributed by atoms with Crippen molar-refractivity contribution >= 4 is 54.9 Å². The standard InChI is InChI=1S/C20H15N3O3S2/c21-17(24)16(12-7-3-1-4-8-12)26-19(25)15-11-14-18(27-15)23-20(28-14)22-13-9-5-2-6-10-13/h1-11,16H,(H2,21,24)(H,22,23). The van der Waals surface area contributed by atoms with Crippen molar-refractivity contribution < 1.29 is 14.3 Å². The van der Waals surface area contributed by atoms with E-state index in [9.17, 15) is 9.59 Å². The number of para-hydroxylation sites is 1. The van der Waals surface area contributed by atoms with Crippen LogP contribution in [0.1, 0.15) is 21.3 Å². The molecule has 3 N–H and O–H groups in total. The number of fused-ring (bicyclic) bond motifs is 1. The molecule has 2 aromatic carbocycles. The highest BCUT2D eigenvalue weighted by atomic mass is 32.1. The third-order valence-electron chi connectivity index (χ3n) is 3.90. The number of carbonyl (C=O) groups is 2. The number of esters is 1. The number of amides is 1. The zero-order valence-electron chi connectivity index (χ0n) is 14.5. The van der Waals surface area contributed by atoms with Gasteiger partial charge in [-0.25, -0.2) is 9.78 Å². The minimum Gasteiger partial charge on any atom is -0.443 e. The number of thiazole rings is 1. The number of thiophene rings is 1. The Balaban J connectivity index is 1.51. The monoisotopic (exact) mass is 409 g/mol. The number of benzene rings is 2. The van der Waals surface area contributed by atoms with E-state index < -0.39 is 18.0 Å². The van der Waals surface area contributed by atoms with E-state index in [-0.39, 0.29) is 0 Å². The van der Waals surface area contributed by atoms with E-state index in [1.807, 2.05) is 36.4 Å². The van der Waals surface area contributed by atoms with Gasteiger partial charge in [-0.2, -0.15) is 0 Å². The van der Waals surface area contributed by atoms with Crippen LogP contribution >= 0.6 is 22.7 Å². The Morgan fingerprint density at radius 2 is 1.68 bits per heavy atom. The van der Waals surface area contributed by atoms with Crippen molar-refractivity contribution in [2.75, 3.05) is 5.32 Å². The fraction of sp³-hybridized carbons (Fsp3) is 0.0500. The maximum atomic E-state index is 12.5. The van der Waals surface area contributed by atoms with Gasteiger partial charge in [0.25, 0.3) is 5.91 Å². The molecule has 1 atom stereocenters. The molecule has 0 aliphatic rings. The molecule has 4 rings (SSSR count). The summed E-state index contributed by atoms with van der Waals surface area (Å²) in [6.07, 6.45) is -1.13. The number of rotatable bonds is 6. The van der Waals surface area contributed by atoms with Crippen LogP contribution in [0, 0.1) is 0 Å². The van der Waals surface area contributed by atoms with Crippen LogP contribution in [0.3, 0.4) is 0 Å². The summed E-state index contributed by atoms with van der Waals surface area (Å²) >= 11 is 2.66. The fourth-order valence-corrected chi connectivity index (χ4v) is 4.64. The van der Waals surface area contributed by atoms with Crippen LogP contribution in [0.4, 0.5) is 10.8 Å². The Hall–Kier alpha value is -3.23. The van der Waals surface area contributed by atoms with Gasteiger partial charge in [0.15, 0.2) is 5.13 Å². The Morgan fingerprint density at radius 3 is 2.32 bits per heavy atom. The lowest BCUT2D eigenvalue weighted by Crippen LogP contribution is -2.26. The molecule has 6 nitrogen and oxygen atoms in total. The predicted octanol–water partition coefficient (Wildman–Crippen LogP) is 4.48. The average molecular weight is 409 g/mol. The molecule has 1 amide bonds. The van der Waals surface area contributed by atoms with E-state index in [0.29, 0.717) is 10.4 Å². The molecule has 0 aliphatic carbocycles. The number of carbonyl (C=O) groups excluding carboxylic acids is 2. The van der Waals surface area contributed by atoms with Crippen molar-refractivity contribution in [1.29, 1.82) is 0 Å². The lowest BCUT2D eigenvalue weighted by Gasteiger charge is -2.14. The number of hydrogen-bond donors (Lipinski definition) is 2. The molecule has 8 heteroatoms. The van der Waals surface area contributed by atoms with E-state index in [0.717, 1.165) is 20.3 Å². The molecular formula is C20H15N3O3S2. The number of anilines is 2. The lowest BCUT2D eigenvalue weighted by atomic mass is 10.1. The second kappa shape index (κ2) is 7.79. The number of hydrogen-bond acceptors (Lipinski definition) is 7. The molecule has 2 aromatic heterocycles. The van der Waals surface area contributed by atoms with Gasteiger partial charge in [-0.05, 0) is 18.2 Å². The highest BCUT2D eigenvalue weighted by Crippen LogP contribution is 2.35. The maximum absolute atomic E-state index is 12.5. The first-order valence-electron chi connectivity index (χ1n) is 8.38. The quantitative estimate of drug-likeness (QED) is 0.458. The van der Waals surface area contributed by atoms with Crippen LogP contribution in [0.2, 0.25) is 0 Å². The van der Waals surface area contributed by atoms with Gasteiger partial charge >= 0.3 is 5.97 Å². The van der Waals surface area contributed by atoms with E-state index in [1.165, 1.54) is 22.7 Å². The van der Waals surface area contributed by atoms with Gasteiger partial charge in [0.2, 0.25) is 6.10 Å². The molecule has 0 saturated carbocycles. The lowest BCUT2D eigenvalue weighted by molar-refractivity contribution is -0.127. The van der Waals surface area contributed by atoms with Crippen LogP contribution in [0.5, 0.6) is 0 Å². The van der Waals surface area contributed by atoms with E-state index in [1.54, 1.807) is 30.3 Å².